The van der Waals surface area contributed by atoms with Gasteiger partial charge < -0.3 is 15.2 Å². The number of halogens is 3. The lowest BCUT2D eigenvalue weighted by molar-refractivity contribution is -0.173. The van der Waals surface area contributed by atoms with Crippen LogP contribution in [0.5, 0.6) is 0 Å². The number of aliphatic hydroxyl groups is 1. The second kappa shape index (κ2) is 6.42. The van der Waals surface area contributed by atoms with Gasteiger partial charge in [-0.2, -0.15) is 13.2 Å². The van der Waals surface area contributed by atoms with Gasteiger partial charge in [-0.1, -0.05) is 0 Å². The van der Waals surface area contributed by atoms with E-state index in [4.69, 9.17) is 0 Å². The summed E-state index contributed by atoms with van der Waals surface area (Å²) in [5, 5.41) is 12.4. The Labute approximate surface area is 93.0 Å². The fourth-order valence-electron chi connectivity index (χ4n) is 1.38. The zero-order chi connectivity index (χ0) is 12.0. The summed E-state index contributed by atoms with van der Waals surface area (Å²) in [6, 6.07) is 0. The molecular weight excluding hydrogens is 223 g/mol. The highest BCUT2D eigenvalue weighted by Crippen LogP contribution is 2.32. The van der Waals surface area contributed by atoms with E-state index in [0.29, 0.717) is 25.4 Å². The molecule has 6 heteroatoms. The molecule has 1 rings (SSSR count). The maximum Gasteiger partial charge on any atom is 0.411 e. The van der Waals surface area contributed by atoms with Crippen molar-refractivity contribution in [3.8, 4) is 0 Å². The first-order valence-electron chi connectivity index (χ1n) is 5.52. The summed E-state index contributed by atoms with van der Waals surface area (Å²) in [6.07, 6.45) is -1.87. The molecule has 0 radical (unpaired) electrons. The van der Waals surface area contributed by atoms with Crippen molar-refractivity contribution in [1.82, 2.24) is 5.32 Å². The number of aliphatic hydroxyl groups excluding tert-OH is 1. The summed E-state index contributed by atoms with van der Waals surface area (Å²) >= 11 is 0. The van der Waals surface area contributed by atoms with Crippen LogP contribution in [0.25, 0.3) is 0 Å². The van der Waals surface area contributed by atoms with Gasteiger partial charge >= 0.3 is 6.18 Å². The van der Waals surface area contributed by atoms with Crippen LogP contribution in [0.2, 0.25) is 0 Å². The van der Waals surface area contributed by atoms with Gasteiger partial charge in [-0.05, 0) is 31.7 Å². The lowest BCUT2D eigenvalue weighted by Gasteiger charge is -2.11. The van der Waals surface area contributed by atoms with Crippen LogP contribution in [0.1, 0.15) is 19.3 Å². The molecule has 2 N–H and O–H groups in total. The minimum atomic E-state index is -4.24. The van der Waals surface area contributed by atoms with E-state index >= 15 is 0 Å². The maximum absolute atomic E-state index is 11.7. The van der Waals surface area contributed by atoms with Crippen molar-refractivity contribution >= 4 is 0 Å². The average Bonchev–Trinajstić information content (AvgIpc) is 2.97. The molecule has 0 saturated heterocycles. The van der Waals surface area contributed by atoms with Crippen LogP contribution in [-0.2, 0) is 4.74 Å². The Kier molecular flexibility index (Phi) is 5.51. The number of alkyl halides is 3. The molecule has 0 heterocycles. The van der Waals surface area contributed by atoms with Crippen molar-refractivity contribution in [2.75, 3.05) is 26.3 Å². The molecule has 1 fully saturated rings. The molecule has 3 nitrogen and oxygen atoms in total. The summed E-state index contributed by atoms with van der Waals surface area (Å²) in [6.45, 7) is -0.00466. The zero-order valence-electron chi connectivity index (χ0n) is 9.09. The van der Waals surface area contributed by atoms with Crippen molar-refractivity contribution in [2.24, 2.45) is 5.92 Å². The first-order chi connectivity index (χ1) is 7.49. The van der Waals surface area contributed by atoms with Crippen molar-refractivity contribution in [1.29, 1.82) is 0 Å². The fourth-order valence-corrected chi connectivity index (χ4v) is 1.38. The molecule has 1 atom stereocenters. The van der Waals surface area contributed by atoms with E-state index in [-0.39, 0.29) is 12.7 Å². The molecule has 0 aromatic carbocycles. The van der Waals surface area contributed by atoms with Gasteiger partial charge in [-0.3, -0.25) is 0 Å². The molecule has 1 aliphatic carbocycles. The molecule has 0 amide bonds. The van der Waals surface area contributed by atoms with E-state index in [9.17, 15) is 18.3 Å². The second-order valence-corrected chi connectivity index (χ2v) is 4.13. The van der Waals surface area contributed by atoms with E-state index in [1.165, 1.54) is 0 Å². The first-order valence-corrected chi connectivity index (χ1v) is 5.52. The van der Waals surface area contributed by atoms with Crippen LogP contribution < -0.4 is 5.32 Å². The Bertz CT molecular complexity index is 195. The predicted molar refractivity (Wildman–Crippen MR) is 53.1 cm³/mol. The summed E-state index contributed by atoms with van der Waals surface area (Å²) in [7, 11) is 0. The van der Waals surface area contributed by atoms with Crippen molar-refractivity contribution in [3.05, 3.63) is 0 Å². The monoisotopic (exact) mass is 241 g/mol. The third-order valence-electron chi connectivity index (χ3n) is 2.43. The second-order valence-electron chi connectivity index (χ2n) is 4.13. The number of hydrogen-bond acceptors (Lipinski definition) is 3. The van der Waals surface area contributed by atoms with E-state index < -0.39 is 12.8 Å². The Balaban J connectivity index is 1.81. The molecule has 1 saturated carbocycles. The number of ether oxygens (including phenoxy) is 1. The molecule has 0 bridgehead atoms. The lowest BCUT2D eigenvalue weighted by atomic mass is 10.2. The Morgan fingerprint density at radius 1 is 1.38 bits per heavy atom. The summed E-state index contributed by atoms with van der Waals surface area (Å²) in [5.74, 6) is 0.425. The molecule has 0 aliphatic heterocycles. The van der Waals surface area contributed by atoms with Gasteiger partial charge in [0.2, 0.25) is 0 Å². The van der Waals surface area contributed by atoms with Gasteiger partial charge in [0, 0.05) is 13.2 Å². The van der Waals surface area contributed by atoms with Crippen LogP contribution in [0.3, 0.4) is 0 Å². The van der Waals surface area contributed by atoms with Crippen molar-refractivity contribution < 1.29 is 23.0 Å². The molecule has 0 aromatic heterocycles. The molecule has 0 aromatic rings. The maximum atomic E-state index is 11.7. The Morgan fingerprint density at radius 2 is 2.06 bits per heavy atom. The summed E-state index contributed by atoms with van der Waals surface area (Å²) < 4.78 is 39.4. The number of rotatable bonds is 8. The smallest absolute Gasteiger partial charge is 0.392 e. The normalized spacial score (nSPS) is 18.8. The van der Waals surface area contributed by atoms with Crippen LogP contribution in [0.4, 0.5) is 13.2 Å². The van der Waals surface area contributed by atoms with Crippen LogP contribution >= 0.6 is 0 Å². The predicted octanol–water partition coefficient (Wildman–Crippen LogP) is 1.32. The SMILES string of the molecule is OC(CNCCCOCC(F)(F)F)C1CC1. The van der Waals surface area contributed by atoms with E-state index in [1.54, 1.807) is 0 Å². The highest BCUT2D eigenvalue weighted by Gasteiger charge is 2.29. The highest BCUT2D eigenvalue weighted by atomic mass is 19.4. The molecule has 1 unspecified atom stereocenters. The third-order valence-corrected chi connectivity index (χ3v) is 2.43. The minimum Gasteiger partial charge on any atom is -0.392 e. The molecular formula is C10H18F3NO2. The molecule has 0 spiro atoms. The number of nitrogens with one attached hydrogen (secondary N) is 1. The van der Waals surface area contributed by atoms with Crippen molar-refractivity contribution in [3.63, 3.8) is 0 Å². The molecule has 96 valence electrons. The fraction of sp³-hybridized carbons (Fsp3) is 1.00. The third kappa shape index (κ3) is 7.03. The highest BCUT2D eigenvalue weighted by molar-refractivity contribution is 4.81. The van der Waals surface area contributed by atoms with Gasteiger partial charge in [0.15, 0.2) is 0 Å². The summed E-state index contributed by atoms with van der Waals surface area (Å²) in [5.41, 5.74) is 0. The first kappa shape index (κ1) is 13.7. The van der Waals surface area contributed by atoms with Crippen LogP contribution in [0.15, 0.2) is 0 Å². The van der Waals surface area contributed by atoms with Crippen LogP contribution in [-0.4, -0.2) is 43.7 Å². The van der Waals surface area contributed by atoms with E-state index in [2.05, 4.69) is 10.1 Å². The molecule has 16 heavy (non-hydrogen) atoms. The lowest BCUT2D eigenvalue weighted by Crippen LogP contribution is -2.29. The van der Waals surface area contributed by atoms with E-state index in [1.807, 2.05) is 0 Å². The van der Waals surface area contributed by atoms with Crippen molar-refractivity contribution in [2.45, 2.75) is 31.5 Å². The average molecular weight is 241 g/mol. The largest absolute Gasteiger partial charge is 0.411 e. The van der Waals surface area contributed by atoms with E-state index in [0.717, 1.165) is 12.8 Å². The van der Waals surface area contributed by atoms with Gasteiger partial charge in [-0.15, -0.1) is 0 Å². The number of hydrogen-bond donors (Lipinski definition) is 2. The molecule has 1 aliphatic rings. The Morgan fingerprint density at radius 3 is 2.62 bits per heavy atom. The van der Waals surface area contributed by atoms with Crippen LogP contribution in [0, 0.1) is 5.92 Å². The van der Waals surface area contributed by atoms with Gasteiger partial charge in [0.05, 0.1) is 6.10 Å². The minimum absolute atomic E-state index is 0.0893. The van der Waals surface area contributed by atoms with Gasteiger partial charge in [0.1, 0.15) is 6.61 Å². The summed E-state index contributed by atoms with van der Waals surface area (Å²) in [4.78, 5) is 0. The topological polar surface area (TPSA) is 41.5 Å². The zero-order valence-corrected chi connectivity index (χ0v) is 9.09. The quantitative estimate of drug-likeness (QED) is 0.630. The standard InChI is InChI=1S/C10H18F3NO2/c11-10(12,13)7-16-5-1-4-14-6-9(15)8-2-3-8/h8-9,14-15H,1-7H2. The van der Waals surface area contributed by atoms with Gasteiger partial charge in [-0.25, -0.2) is 0 Å². The Hall–Kier alpha value is -0.330. The van der Waals surface area contributed by atoms with Gasteiger partial charge in [0.25, 0.3) is 0 Å².